The summed E-state index contributed by atoms with van der Waals surface area (Å²) in [4.78, 5) is 73.9. The third-order valence-corrected chi connectivity index (χ3v) is 6.51. The van der Waals surface area contributed by atoms with Crippen molar-refractivity contribution in [1.29, 1.82) is 0 Å². The first-order chi connectivity index (χ1) is 19.2. The Morgan fingerprint density at radius 1 is 0.878 bits per heavy atom. The second kappa shape index (κ2) is 17.6. The van der Waals surface area contributed by atoms with Crippen molar-refractivity contribution in [3.05, 3.63) is 35.9 Å². The number of carbonyl (C=O) groups is 6. The summed E-state index contributed by atoms with van der Waals surface area (Å²) in [6.07, 6.45) is 0.768. The van der Waals surface area contributed by atoms with Crippen molar-refractivity contribution < 1.29 is 33.9 Å². The number of aliphatic carboxylic acids is 1. The summed E-state index contributed by atoms with van der Waals surface area (Å²) in [5, 5.41) is 19.8. The van der Waals surface area contributed by atoms with Gasteiger partial charge in [-0.3, -0.25) is 24.0 Å². The van der Waals surface area contributed by atoms with Gasteiger partial charge in [-0.2, -0.15) is 0 Å². The highest BCUT2D eigenvalue weighted by atomic mass is 16.4. The molecule has 0 saturated carbocycles. The Kier molecular flexibility index (Phi) is 15.1. The monoisotopic (exact) mass is 576 g/mol. The number of hydrogen-bond donors (Lipinski definition) is 7. The van der Waals surface area contributed by atoms with E-state index in [0.29, 0.717) is 6.42 Å². The molecule has 0 aliphatic carbocycles. The van der Waals surface area contributed by atoms with Crippen LogP contribution in [0.1, 0.15) is 58.9 Å². The molecule has 0 spiro atoms. The highest BCUT2D eigenvalue weighted by Gasteiger charge is 2.30. The van der Waals surface area contributed by atoms with Crippen molar-refractivity contribution in [1.82, 2.24) is 21.3 Å². The van der Waals surface area contributed by atoms with Crippen LogP contribution >= 0.6 is 0 Å². The van der Waals surface area contributed by atoms with Gasteiger partial charge < -0.3 is 37.8 Å². The minimum atomic E-state index is -1.21. The predicted octanol–water partition coefficient (Wildman–Crippen LogP) is -0.431. The molecule has 0 aliphatic heterocycles. The van der Waals surface area contributed by atoms with Gasteiger partial charge in [-0.05, 0) is 30.2 Å². The second-order valence-corrected chi connectivity index (χ2v) is 10.5. The number of amides is 5. The quantitative estimate of drug-likeness (QED) is 0.121. The van der Waals surface area contributed by atoms with E-state index >= 15 is 0 Å². The molecule has 9 N–H and O–H groups in total. The first-order valence-electron chi connectivity index (χ1n) is 13.7. The van der Waals surface area contributed by atoms with Gasteiger partial charge in [0.2, 0.25) is 29.5 Å². The lowest BCUT2D eigenvalue weighted by Gasteiger charge is -2.25. The van der Waals surface area contributed by atoms with Gasteiger partial charge in [0.05, 0.1) is 12.6 Å². The lowest BCUT2D eigenvalue weighted by Crippen LogP contribution is -2.56. The number of carbonyl (C=O) groups excluding carboxylic acids is 5. The Morgan fingerprint density at radius 3 is 2.05 bits per heavy atom. The molecular formula is C28H44N6O7. The zero-order valence-electron chi connectivity index (χ0n) is 24.1. The van der Waals surface area contributed by atoms with Crippen LogP contribution in [0.3, 0.4) is 0 Å². The van der Waals surface area contributed by atoms with Gasteiger partial charge in [0.25, 0.3) is 0 Å². The minimum Gasteiger partial charge on any atom is -0.480 e. The Balaban J connectivity index is 2.83. The van der Waals surface area contributed by atoms with E-state index in [1.54, 1.807) is 37.3 Å². The molecule has 1 aromatic rings. The lowest BCUT2D eigenvalue weighted by molar-refractivity contribution is -0.142. The summed E-state index contributed by atoms with van der Waals surface area (Å²) >= 11 is 0. The van der Waals surface area contributed by atoms with Crippen LogP contribution in [0, 0.1) is 11.8 Å². The molecule has 5 amide bonds. The Hall–Kier alpha value is -4.00. The number of carboxylic acids is 1. The maximum atomic E-state index is 13.0. The predicted molar refractivity (Wildman–Crippen MR) is 152 cm³/mol. The average Bonchev–Trinajstić information content (AvgIpc) is 2.92. The first kappa shape index (κ1) is 35.0. The van der Waals surface area contributed by atoms with E-state index in [0.717, 1.165) is 5.56 Å². The topological polar surface area (TPSA) is 223 Å². The minimum absolute atomic E-state index is 0.0122. The molecule has 0 radical (unpaired) electrons. The van der Waals surface area contributed by atoms with Gasteiger partial charge >= 0.3 is 5.97 Å². The summed E-state index contributed by atoms with van der Waals surface area (Å²) in [5.74, 6) is -4.70. The fraction of sp³-hybridized carbons (Fsp3) is 0.571. The smallest absolute Gasteiger partial charge is 0.326 e. The van der Waals surface area contributed by atoms with E-state index < -0.39 is 66.2 Å². The van der Waals surface area contributed by atoms with E-state index in [1.807, 2.05) is 20.8 Å². The molecule has 228 valence electrons. The molecule has 0 bridgehead atoms. The maximum absolute atomic E-state index is 13.0. The van der Waals surface area contributed by atoms with Crippen LogP contribution in [0.4, 0.5) is 0 Å². The van der Waals surface area contributed by atoms with Gasteiger partial charge in [0, 0.05) is 12.8 Å². The molecule has 1 rings (SSSR count). The van der Waals surface area contributed by atoms with Gasteiger partial charge in [-0.25, -0.2) is 4.79 Å². The van der Waals surface area contributed by atoms with Gasteiger partial charge in [-0.15, -0.1) is 0 Å². The van der Waals surface area contributed by atoms with Crippen LogP contribution in [-0.2, 0) is 35.2 Å². The number of primary amides is 1. The largest absolute Gasteiger partial charge is 0.480 e. The average molecular weight is 577 g/mol. The van der Waals surface area contributed by atoms with E-state index in [9.17, 15) is 33.9 Å². The van der Waals surface area contributed by atoms with Gasteiger partial charge in [-0.1, -0.05) is 64.4 Å². The molecule has 0 fully saturated rings. The number of rotatable bonds is 18. The third kappa shape index (κ3) is 13.3. The molecule has 13 heteroatoms. The Bertz CT molecular complexity index is 1050. The molecule has 0 aliphatic rings. The van der Waals surface area contributed by atoms with E-state index in [4.69, 9.17) is 11.5 Å². The van der Waals surface area contributed by atoms with Crippen molar-refractivity contribution in [3.63, 3.8) is 0 Å². The summed E-state index contributed by atoms with van der Waals surface area (Å²) in [6, 6.07) is 4.55. The fourth-order valence-corrected chi connectivity index (χ4v) is 3.94. The first-order valence-corrected chi connectivity index (χ1v) is 13.7. The van der Waals surface area contributed by atoms with Crippen LogP contribution in [0.25, 0.3) is 0 Å². The molecule has 0 unspecified atom stereocenters. The molecule has 13 nitrogen and oxygen atoms in total. The number of carboxylic acid groups (broad SMARTS) is 1. The summed E-state index contributed by atoms with van der Waals surface area (Å²) in [5.41, 5.74) is 11.6. The van der Waals surface area contributed by atoms with Crippen molar-refractivity contribution >= 4 is 35.5 Å². The van der Waals surface area contributed by atoms with E-state index in [2.05, 4.69) is 21.3 Å². The number of benzene rings is 1. The standard InChI is InChI=1S/C28H44N6O7/c1-5-17(4)24(34-25(37)19(29)11-12-22(30)35)27(39)31-15-23(36)32-20(13-16(2)3)26(38)33-21(28(40)41)14-18-9-7-6-8-10-18/h6-10,16-17,19-21,24H,5,11-15,29H2,1-4H3,(H2,30,35)(H,31,39)(H,32,36)(H,33,38)(H,34,37)(H,40,41)/t17-,19-,20-,21-,24-/m0/s1. The molecule has 1 aromatic carbocycles. The maximum Gasteiger partial charge on any atom is 0.326 e. The normalized spacial score (nSPS) is 14.6. The number of hydrogen-bond acceptors (Lipinski definition) is 7. The van der Waals surface area contributed by atoms with Crippen LogP contribution in [0.15, 0.2) is 30.3 Å². The van der Waals surface area contributed by atoms with Crippen molar-refractivity contribution in [2.75, 3.05) is 6.54 Å². The second-order valence-electron chi connectivity index (χ2n) is 10.5. The fourth-order valence-electron chi connectivity index (χ4n) is 3.94. The van der Waals surface area contributed by atoms with Crippen LogP contribution in [-0.4, -0.2) is 71.3 Å². The van der Waals surface area contributed by atoms with Crippen LogP contribution < -0.4 is 32.7 Å². The van der Waals surface area contributed by atoms with Crippen molar-refractivity contribution in [2.24, 2.45) is 23.3 Å². The lowest BCUT2D eigenvalue weighted by atomic mass is 9.97. The SMILES string of the molecule is CC[C@H](C)[C@H](NC(=O)[C@@H](N)CCC(N)=O)C(=O)NCC(=O)N[C@@H](CC(C)C)C(=O)N[C@@H](Cc1ccccc1)C(=O)O. The zero-order valence-corrected chi connectivity index (χ0v) is 24.1. The summed E-state index contributed by atoms with van der Waals surface area (Å²) in [7, 11) is 0. The van der Waals surface area contributed by atoms with E-state index in [-0.39, 0.29) is 37.5 Å². The molecular weight excluding hydrogens is 532 g/mol. The van der Waals surface area contributed by atoms with Crippen molar-refractivity contribution in [3.8, 4) is 0 Å². The van der Waals surface area contributed by atoms with Crippen LogP contribution in [0.2, 0.25) is 0 Å². The van der Waals surface area contributed by atoms with E-state index in [1.165, 1.54) is 0 Å². The number of nitrogens with two attached hydrogens (primary N) is 2. The highest BCUT2D eigenvalue weighted by Crippen LogP contribution is 2.10. The molecule has 41 heavy (non-hydrogen) atoms. The molecule has 0 saturated heterocycles. The molecule has 5 atom stereocenters. The Morgan fingerprint density at radius 2 is 1.51 bits per heavy atom. The van der Waals surface area contributed by atoms with Crippen LogP contribution in [0.5, 0.6) is 0 Å². The molecule has 0 heterocycles. The van der Waals surface area contributed by atoms with Gasteiger partial charge in [0.15, 0.2) is 0 Å². The number of nitrogens with one attached hydrogen (secondary N) is 4. The highest BCUT2D eigenvalue weighted by molar-refractivity contribution is 5.94. The zero-order chi connectivity index (χ0) is 31.1. The van der Waals surface area contributed by atoms with Crippen molar-refractivity contribution in [2.45, 2.75) is 84.0 Å². The Labute approximate surface area is 240 Å². The molecule has 0 aromatic heterocycles. The summed E-state index contributed by atoms with van der Waals surface area (Å²) < 4.78 is 0. The summed E-state index contributed by atoms with van der Waals surface area (Å²) in [6.45, 7) is 6.79. The van der Waals surface area contributed by atoms with Gasteiger partial charge in [0.1, 0.15) is 18.1 Å². The third-order valence-electron chi connectivity index (χ3n) is 6.51.